The first kappa shape index (κ1) is 33.3. The van der Waals surface area contributed by atoms with Crippen molar-refractivity contribution in [3.05, 3.63) is 89.0 Å². The second kappa shape index (κ2) is 16.0. The first-order valence-electron chi connectivity index (χ1n) is 15.0. The van der Waals surface area contributed by atoms with E-state index in [1.54, 1.807) is 25.2 Å². The van der Waals surface area contributed by atoms with Crippen LogP contribution in [0.25, 0.3) is 10.9 Å². The van der Waals surface area contributed by atoms with Crippen LogP contribution in [0.2, 0.25) is 0 Å². The molecule has 2 aromatic carbocycles. The zero-order valence-electron chi connectivity index (χ0n) is 25.9. The van der Waals surface area contributed by atoms with Gasteiger partial charge in [0.1, 0.15) is 46.6 Å². The van der Waals surface area contributed by atoms with E-state index < -0.39 is 24.0 Å². The molecule has 1 saturated heterocycles. The average molecular weight is 624 g/mol. The zero-order chi connectivity index (χ0) is 33.1. The first-order chi connectivity index (χ1) is 22.3. The summed E-state index contributed by atoms with van der Waals surface area (Å²) in [5.74, 6) is 7.35. The van der Waals surface area contributed by atoms with Gasteiger partial charge in [-0.25, -0.2) is 19.2 Å². The van der Waals surface area contributed by atoms with E-state index in [-0.39, 0.29) is 29.7 Å². The SMILES string of the molecule is COc1ccc2[nH]c(C(=O)NC(C(=C=O)NC(Cc3ccccc3)C(=C=O)NC(C=C=O)C[C@@H]3CCNC3=C=O)C(C)C)cc2c1. The van der Waals surface area contributed by atoms with Gasteiger partial charge in [0.2, 0.25) is 0 Å². The van der Waals surface area contributed by atoms with E-state index in [9.17, 15) is 24.0 Å². The smallest absolute Gasteiger partial charge is 0.268 e. The number of aromatic nitrogens is 1. The Kier molecular flexibility index (Phi) is 11.6. The van der Waals surface area contributed by atoms with Crippen LogP contribution in [-0.2, 0) is 25.6 Å². The molecule has 1 aliphatic rings. The largest absolute Gasteiger partial charge is 0.497 e. The second-order valence-electron chi connectivity index (χ2n) is 11.4. The maximum Gasteiger partial charge on any atom is 0.268 e. The number of benzene rings is 2. The maximum absolute atomic E-state index is 13.4. The Hall–Kier alpha value is -5.55. The molecule has 5 N–H and O–H groups in total. The summed E-state index contributed by atoms with van der Waals surface area (Å²) in [6.07, 6.45) is 2.50. The average Bonchev–Trinajstić information content (AvgIpc) is 3.71. The van der Waals surface area contributed by atoms with Crippen molar-refractivity contribution in [1.82, 2.24) is 26.3 Å². The minimum atomic E-state index is -0.819. The number of allylic oxidation sites excluding steroid dienone is 1. The van der Waals surface area contributed by atoms with Crippen LogP contribution in [0, 0.1) is 11.8 Å². The van der Waals surface area contributed by atoms with Crippen molar-refractivity contribution in [1.29, 1.82) is 0 Å². The maximum atomic E-state index is 13.4. The quantitative estimate of drug-likeness (QED) is 0.161. The molecular formula is C35H37N5O6. The molecule has 46 heavy (non-hydrogen) atoms. The molecule has 238 valence electrons. The summed E-state index contributed by atoms with van der Waals surface area (Å²) in [5.41, 5.74) is 2.39. The molecule has 0 aliphatic carbocycles. The van der Waals surface area contributed by atoms with Crippen LogP contribution < -0.4 is 26.0 Å². The molecule has 0 spiro atoms. The number of rotatable bonds is 15. The highest BCUT2D eigenvalue weighted by Crippen LogP contribution is 2.24. The molecule has 0 saturated carbocycles. The van der Waals surface area contributed by atoms with Gasteiger partial charge in [0.15, 0.2) is 0 Å². The molecule has 4 atom stereocenters. The molecule has 2 heterocycles. The Morgan fingerprint density at radius 2 is 1.76 bits per heavy atom. The molecule has 1 aromatic heterocycles. The molecule has 1 fully saturated rings. The third-order valence-corrected chi connectivity index (χ3v) is 7.99. The number of H-pyrrole nitrogens is 1. The molecular weight excluding hydrogens is 586 g/mol. The van der Waals surface area contributed by atoms with Crippen molar-refractivity contribution in [2.45, 2.75) is 51.2 Å². The molecule has 4 rings (SSSR count). The topological polar surface area (TPSA) is 158 Å². The summed E-state index contributed by atoms with van der Waals surface area (Å²) >= 11 is 0. The number of ether oxygens (including phenoxy) is 1. The molecule has 11 heteroatoms. The van der Waals surface area contributed by atoms with E-state index in [0.717, 1.165) is 16.5 Å². The molecule has 1 amide bonds. The van der Waals surface area contributed by atoms with Crippen LogP contribution in [0.3, 0.4) is 0 Å². The van der Waals surface area contributed by atoms with Gasteiger partial charge in [0, 0.05) is 29.4 Å². The van der Waals surface area contributed by atoms with E-state index >= 15 is 0 Å². The van der Waals surface area contributed by atoms with Gasteiger partial charge < -0.3 is 31.0 Å². The monoisotopic (exact) mass is 623 g/mol. The van der Waals surface area contributed by atoms with E-state index in [2.05, 4.69) is 26.3 Å². The normalized spacial score (nSPS) is 15.7. The first-order valence-corrected chi connectivity index (χ1v) is 15.0. The highest BCUT2D eigenvalue weighted by molar-refractivity contribution is 5.98. The van der Waals surface area contributed by atoms with Crippen molar-refractivity contribution in [3.63, 3.8) is 0 Å². The number of carbonyl (C=O) groups excluding carboxylic acids is 5. The van der Waals surface area contributed by atoms with Gasteiger partial charge in [0.05, 0.1) is 30.9 Å². The second-order valence-corrected chi connectivity index (χ2v) is 11.4. The summed E-state index contributed by atoms with van der Waals surface area (Å²) in [7, 11) is 1.56. The lowest BCUT2D eigenvalue weighted by Crippen LogP contribution is -2.49. The van der Waals surface area contributed by atoms with Crippen LogP contribution in [0.5, 0.6) is 5.75 Å². The summed E-state index contributed by atoms with van der Waals surface area (Å²) in [6, 6.07) is 14.1. The molecule has 3 unspecified atom stereocenters. The van der Waals surface area contributed by atoms with Gasteiger partial charge >= 0.3 is 0 Å². The number of aromatic amines is 1. The minimum Gasteiger partial charge on any atom is -0.497 e. The van der Waals surface area contributed by atoms with Crippen LogP contribution >= 0.6 is 0 Å². The van der Waals surface area contributed by atoms with Crippen molar-refractivity contribution in [2.75, 3.05) is 13.7 Å². The molecule has 11 nitrogen and oxygen atoms in total. The molecule has 0 radical (unpaired) electrons. The third kappa shape index (κ3) is 8.33. The predicted molar refractivity (Wildman–Crippen MR) is 174 cm³/mol. The van der Waals surface area contributed by atoms with Crippen LogP contribution in [-0.4, -0.2) is 66.4 Å². The van der Waals surface area contributed by atoms with E-state index in [1.165, 1.54) is 6.08 Å². The molecule has 3 aromatic rings. The van der Waals surface area contributed by atoms with E-state index in [4.69, 9.17) is 4.74 Å². The van der Waals surface area contributed by atoms with Gasteiger partial charge in [-0.2, -0.15) is 0 Å². The standard InChI is InChI=1S/C35H37N5O6/c1-22(2)34(40-35(45)30-18-25-17-27(46-3)9-10-28(25)38-30)33(21-44)39-29(15-23-7-5-4-6-8-23)32(20-43)37-26(12-14-41)16-24-11-13-36-31(24)19-42/h4-10,12,17-18,22,24,26,29,34,36-39H,11,13,15-16H2,1-3H3,(H,40,45)/t24-,26?,29?,34?/m0/s1. The lowest BCUT2D eigenvalue weighted by Gasteiger charge is -2.29. The van der Waals surface area contributed by atoms with Gasteiger partial charge in [-0.3, -0.25) is 4.79 Å². The van der Waals surface area contributed by atoms with E-state index in [1.807, 2.05) is 74.1 Å². The summed E-state index contributed by atoms with van der Waals surface area (Å²) in [5, 5.41) is 12.9. The zero-order valence-corrected chi connectivity index (χ0v) is 25.9. The number of amides is 1. The van der Waals surface area contributed by atoms with Gasteiger partial charge in [-0.1, -0.05) is 44.2 Å². The Labute approximate surface area is 266 Å². The highest BCUT2D eigenvalue weighted by atomic mass is 16.5. The van der Waals surface area contributed by atoms with E-state index in [0.29, 0.717) is 36.5 Å². The third-order valence-electron chi connectivity index (χ3n) is 7.99. The van der Waals surface area contributed by atoms with Crippen LogP contribution in [0.1, 0.15) is 42.7 Å². The van der Waals surface area contributed by atoms with Gasteiger partial charge in [-0.05, 0) is 55.0 Å². The van der Waals surface area contributed by atoms with Gasteiger partial charge in [-0.15, -0.1) is 0 Å². The van der Waals surface area contributed by atoms with Crippen molar-refractivity contribution < 1.29 is 28.7 Å². The number of methoxy groups -OCH3 is 1. The lowest BCUT2D eigenvalue weighted by atomic mass is 9.95. The minimum absolute atomic E-state index is 0.0326. The van der Waals surface area contributed by atoms with Gasteiger partial charge in [0.25, 0.3) is 5.91 Å². The Balaban J connectivity index is 1.59. The number of nitrogens with one attached hydrogen (secondary N) is 5. The Morgan fingerprint density at radius 1 is 1.00 bits per heavy atom. The number of carbonyl (C=O) groups is 1. The molecule has 0 bridgehead atoms. The fourth-order valence-electron chi connectivity index (χ4n) is 5.58. The fourth-order valence-corrected chi connectivity index (χ4v) is 5.58. The highest BCUT2D eigenvalue weighted by Gasteiger charge is 2.30. The Bertz CT molecular complexity index is 1740. The predicted octanol–water partition coefficient (Wildman–Crippen LogP) is 2.62. The number of hydrogen-bond acceptors (Lipinski definition) is 9. The van der Waals surface area contributed by atoms with Crippen molar-refractivity contribution in [3.8, 4) is 5.75 Å². The lowest BCUT2D eigenvalue weighted by molar-refractivity contribution is 0.0928. The van der Waals surface area contributed by atoms with Crippen molar-refractivity contribution >= 4 is 40.6 Å². The van der Waals surface area contributed by atoms with Crippen molar-refractivity contribution in [2.24, 2.45) is 11.8 Å². The van der Waals surface area contributed by atoms with Crippen LogP contribution in [0.15, 0.2) is 77.8 Å². The van der Waals surface area contributed by atoms with Crippen LogP contribution in [0.4, 0.5) is 0 Å². The summed E-state index contributed by atoms with van der Waals surface area (Å²) in [6.45, 7) is 4.29. The fraction of sp³-hybridized carbons (Fsp3) is 0.343. The number of fused-ring (bicyclic) bond motifs is 1. The summed E-state index contributed by atoms with van der Waals surface area (Å²) in [4.78, 5) is 64.2. The number of hydrogen-bond donors (Lipinski definition) is 5. The molecule has 1 aliphatic heterocycles. The summed E-state index contributed by atoms with van der Waals surface area (Å²) < 4.78 is 5.28. The Morgan fingerprint density at radius 3 is 2.41 bits per heavy atom.